The molecule has 0 atom stereocenters. The number of rotatable bonds is 4. The number of anilines is 1. The van der Waals surface area contributed by atoms with Crippen molar-refractivity contribution in [3.63, 3.8) is 0 Å². The molecule has 0 radical (unpaired) electrons. The molecule has 0 unspecified atom stereocenters. The second-order valence-corrected chi connectivity index (χ2v) is 6.38. The molecule has 0 saturated carbocycles. The van der Waals surface area contributed by atoms with Gasteiger partial charge in [0.15, 0.2) is 0 Å². The fourth-order valence-corrected chi connectivity index (χ4v) is 3.13. The average molecular weight is 375 g/mol. The molecule has 0 bridgehead atoms. The van der Waals surface area contributed by atoms with Crippen molar-refractivity contribution in [1.29, 1.82) is 0 Å². The Kier molecular flexibility index (Phi) is 5.11. The topological polar surface area (TPSA) is 55.1 Å². The van der Waals surface area contributed by atoms with Gasteiger partial charge in [-0.2, -0.15) is 0 Å². The molecule has 25 heavy (non-hydrogen) atoms. The van der Waals surface area contributed by atoms with Gasteiger partial charge in [-0.05, 0) is 43.2 Å². The number of carbonyl (C=O) groups excluding carboxylic acids is 1. The fourth-order valence-electron chi connectivity index (χ4n) is 2.55. The lowest BCUT2D eigenvalue weighted by Crippen LogP contribution is -2.13. The Bertz CT molecular complexity index is 897. The fraction of sp³-hybridized carbons (Fsp3) is 0.158. The summed E-state index contributed by atoms with van der Waals surface area (Å²) < 4.78 is 5.23. The number of hydrogen-bond donors (Lipinski definition) is 1. The summed E-state index contributed by atoms with van der Waals surface area (Å²) in [7, 11) is 0. The summed E-state index contributed by atoms with van der Waals surface area (Å²) in [6.07, 6.45) is 0.939. The second-order valence-electron chi connectivity index (χ2n) is 5.56. The van der Waals surface area contributed by atoms with Crippen LogP contribution in [0.2, 0.25) is 10.0 Å². The molecule has 3 rings (SSSR count). The summed E-state index contributed by atoms with van der Waals surface area (Å²) in [5, 5.41) is 7.66. The van der Waals surface area contributed by atoms with E-state index in [9.17, 15) is 4.79 Å². The first-order valence-electron chi connectivity index (χ1n) is 7.82. The van der Waals surface area contributed by atoms with Crippen molar-refractivity contribution in [2.45, 2.75) is 20.3 Å². The maximum atomic E-state index is 12.8. The van der Waals surface area contributed by atoms with E-state index in [-0.39, 0.29) is 5.91 Å². The van der Waals surface area contributed by atoms with Gasteiger partial charge in [0.25, 0.3) is 5.91 Å². The molecule has 6 heteroatoms. The standard InChI is InChI=1S/C19H16Cl2N2O2/c1-3-12-7-9-13(10-8-12)22-19(24)16-11(2)25-23-18(16)17-14(20)5-4-6-15(17)21/h4-10H,3H2,1-2H3,(H,22,24). The van der Waals surface area contributed by atoms with Gasteiger partial charge in [-0.15, -0.1) is 0 Å². The molecule has 1 heterocycles. The molecule has 1 amide bonds. The zero-order valence-corrected chi connectivity index (χ0v) is 15.3. The summed E-state index contributed by atoms with van der Waals surface area (Å²) in [6.45, 7) is 3.75. The smallest absolute Gasteiger partial charge is 0.261 e. The summed E-state index contributed by atoms with van der Waals surface area (Å²) in [6, 6.07) is 12.8. The van der Waals surface area contributed by atoms with Crippen LogP contribution in [0.3, 0.4) is 0 Å². The molecule has 0 aliphatic carbocycles. The Hall–Kier alpha value is -2.30. The van der Waals surface area contributed by atoms with Crippen molar-refractivity contribution in [2.75, 3.05) is 5.32 Å². The third-order valence-corrected chi connectivity index (χ3v) is 4.54. The molecule has 0 aliphatic rings. The van der Waals surface area contributed by atoms with Gasteiger partial charge >= 0.3 is 0 Å². The Labute approximate surface area is 155 Å². The zero-order valence-electron chi connectivity index (χ0n) is 13.8. The maximum Gasteiger partial charge on any atom is 0.261 e. The third-order valence-electron chi connectivity index (χ3n) is 3.91. The number of nitrogens with one attached hydrogen (secondary N) is 1. The summed E-state index contributed by atoms with van der Waals surface area (Å²) in [4.78, 5) is 12.8. The first-order chi connectivity index (χ1) is 12.0. The van der Waals surface area contributed by atoms with E-state index in [1.807, 2.05) is 24.3 Å². The van der Waals surface area contributed by atoms with E-state index in [0.29, 0.717) is 38.3 Å². The van der Waals surface area contributed by atoms with Crippen LogP contribution >= 0.6 is 23.2 Å². The second kappa shape index (κ2) is 7.30. The van der Waals surface area contributed by atoms with E-state index < -0.39 is 0 Å². The van der Waals surface area contributed by atoms with E-state index in [4.69, 9.17) is 27.7 Å². The largest absolute Gasteiger partial charge is 0.360 e. The molecule has 4 nitrogen and oxygen atoms in total. The molecule has 3 aromatic rings. The number of halogens is 2. The number of aromatic nitrogens is 1. The Morgan fingerprint density at radius 3 is 2.36 bits per heavy atom. The summed E-state index contributed by atoms with van der Waals surface area (Å²) in [5.41, 5.74) is 3.02. The van der Waals surface area contributed by atoms with E-state index >= 15 is 0 Å². The van der Waals surface area contributed by atoms with Crippen molar-refractivity contribution in [1.82, 2.24) is 5.16 Å². The minimum absolute atomic E-state index is 0.314. The van der Waals surface area contributed by atoms with Crippen LogP contribution in [0.4, 0.5) is 5.69 Å². The van der Waals surface area contributed by atoms with Crippen LogP contribution in [0.1, 0.15) is 28.6 Å². The number of aryl methyl sites for hydroxylation is 2. The highest BCUT2D eigenvalue weighted by atomic mass is 35.5. The average Bonchev–Trinajstić information content (AvgIpc) is 2.97. The minimum atomic E-state index is -0.325. The lowest BCUT2D eigenvalue weighted by Gasteiger charge is -2.08. The third kappa shape index (κ3) is 3.55. The zero-order chi connectivity index (χ0) is 18.0. The van der Waals surface area contributed by atoms with Crippen molar-refractivity contribution in [2.24, 2.45) is 0 Å². The molecule has 1 aromatic heterocycles. The van der Waals surface area contributed by atoms with Crippen molar-refractivity contribution < 1.29 is 9.32 Å². The maximum absolute atomic E-state index is 12.8. The quantitative estimate of drug-likeness (QED) is 0.630. The normalized spacial score (nSPS) is 10.7. The van der Waals surface area contributed by atoms with Gasteiger partial charge in [0.2, 0.25) is 0 Å². The number of carbonyl (C=O) groups is 1. The molecule has 1 N–H and O–H groups in total. The molecule has 0 saturated heterocycles. The van der Waals surface area contributed by atoms with Crippen LogP contribution in [0, 0.1) is 6.92 Å². The van der Waals surface area contributed by atoms with E-state index in [1.165, 1.54) is 5.56 Å². The molecule has 2 aromatic carbocycles. The van der Waals surface area contributed by atoms with Gasteiger partial charge in [0, 0.05) is 11.3 Å². The Morgan fingerprint density at radius 2 is 1.76 bits per heavy atom. The van der Waals surface area contributed by atoms with Gasteiger partial charge in [-0.3, -0.25) is 4.79 Å². The predicted molar refractivity (Wildman–Crippen MR) is 100 cm³/mol. The number of hydrogen-bond acceptors (Lipinski definition) is 3. The first-order valence-corrected chi connectivity index (χ1v) is 8.57. The van der Waals surface area contributed by atoms with Crippen molar-refractivity contribution in [3.05, 3.63) is 69.4 Å². The van der Waals surface area contributed by atoms with Crippen molar-refractivity contribution >= 4 is 34.8 Å². The molecular weight excluding hydrogens is 359 g/mol. The van der Waals surface area contributed by atoms with E-state index in [2.05, 4.69) is 17.4 Å². The van der Waals surface area contributed by atoms with Crippen LogP contribution in [-0.2, 0) is 6.42 Å². The molecule has 128 valence electrons. The van der Waals surface area contributed by atoms with Crippen LogP contribution in [0.15, 0.2) is 47.0 Å². The van der Waals surface area contributed by atoms with Crippen molar-refractivity contribution in [3.8, 4) is 11.3 Å². The molecule has 0 aliphatic heterocycles. The van der Waals surface area contributed by atoms with Gasteiger partial charge in [-0.1, -0.05) is 53.5 Å². The number of amides is 1. The van der Waals surface area contributed by atoms with Gasteiger partial charge in [0.05, 0.1) is 10.0 Å². The summed E-state index contributed by atoms with van der Waals surface area (Å²) in [5.74, 6) is 0.0719. The van der Waals surface area contributed by atoms with Gasteiger partial charge in [-0.25, -0.2) is 0 Å². The molecular formula is C19H16Cl2N2O2. The molecule has 0 spiro atoms. The minimum Gasteiger partial charge on any atom is -0.360 e. The lowest BCUT2D eigenvalue weighted by atomic mass is 10.1. The van der Waals surface area contributed by atoms with Gasteiger partial charge < -0.3 is 9.84 Å². The van der Waals surface area contributed by atoms with Crippen LogP contribution < -0.4 is 5.32 Å². The lowest BCUT2D eigenvalue weighted by molar-refractivity contribution is 0.102. The number of benzene rings is 2. The highest BCUT2D eigenvalue weighted by Gasteiger charge is 2.24. The Morgan fingerprint density at radius 1 is 1.12 bits per heavy atom. The monoisotopic (exact) mass is 374 g/mol. The first kappa shape index (κ1) is 17.5. The van der Waals surface area contributed by atoms with Gasteiger partial charge in [0.1, 0.15) is 17.0 Å². The molecule has 0 fully saturated rings. The van der Waals surface area contributed by atoms with E-state index in [1.54, 1.807) is 25.1 Å². The highest BCUT2D eigenvalue weighted by Crippen LogP contribution is 2.36. The number of nitrogens with zero attached hydrogens (tertiary/aromatic N) is 1. The summed E-state index contributed by atoms with van der Waals surface area (Å²) >= 11 is 12.5. The van der Waals surface area contributed by atoms with Crippen LogP contribution in [0.5, 0.6) is 0 Å². The van der Waals surface area contributed by atoms with E-state index in [0.717, 1.165) is 6.42 Å². The van der Waals surface area contributed by atoms with Crippen LogP contribution in [0.25, 0.3) is 11.3 Å². The SMILES string of the molecule is CCc1ccc(NC(=O)c2c(-c3c(Cl)cccc3Cl)noc2C)cc1. The van der Waals surface area contributed by atoms with Crippen LogP contribution in [-0.4, -0.2) is 11.1 Å². The predicted octanol–water partition coefficient (Wildman–Crippen LogP) is 5.77. The highest BCUT2D eigenvalue weighted by molar-refractivity contribution is 6.39. The Balaban J connectivity index is 1.97.